The van der Waals surface area contributed by atoms with Crippen LogP contribution < -0.4 is 0 Å². The minimum Gasteiger partial charge on any atom is -0.457 e. The maximum absolute atomic E-state index is 12.1. The van der Waals surface area contributed by atoms with Gasteiger partial charge in [0.2, 0.25) is 5.76 Å². The van der Waals surface area contributed by atoms with E-state index in [1.807, 2.05) is 19.0 Å². The summed E-state index contributed by atoms with van der Waals surface area (Å²) in [6.07, 6.45) is -3.05. The van der Waals surface area contributed by atoms with Crippen LogP contribution in [0, 0.1) is 0 Å². The highest BCUT2D eigenvalue weighted by molar-refractivity contribution is 5.09. The van der Waals surface area contributed by atoms with E-state index in [4.69, 9.17) is 0 Å². The van der Waals surface area contributed by atoms with Crippen LogP contribution in [0.2, 0.25) is 0 Å². The number of rotatable bonds is 4. The minimum atomic E-state index is -4.38. The first-order chi connectivity index (χ1) is 6.89. The van der Waals surface area contributed by atoms with Gasteiger partial charge < -0.3 is 9.32 Å². The Morgan fingerprint density at radius 1 is 1.27 bits per heavy atom. The Morgan fingerprint density at radius 2 is 1.93 bits per heavy atom. The molecule has 0 spiro atoms. The number of hydrogen-bond donors (Lipinski definition) is 0. The lowest BCUT2D eigenvalue weighted by Crippen LogP contribution is -2.13. The van der Waals surface area contributed by atoms with Crippen molar-refractivity contribution in [2.24, 2.45) is 0 Å². The van der Waals surface area contributed by atoms with E-state index in [1.54, 1.807) is 0 Å². The zero-order valence-electron chi connectivity index (χ0n) is 8.77. The van der Waals surface area contributed by atoms with Gasteiger partial charge in [-0.3, -0.25) is 0 Å². The molecule has 0 aromatic carbocycles. The molecule has 0 fully saturated rings. The summed E-state index contributed by atoms with van der Waals surface area (Å²) in [5.41, 5.74) is 0. The molecule has 0 aliphatic rings. The van der Waals surface area contributed by atoms with Crippen molar-refractivity contribution in [2.75, 3.05) is 20.6 Å². The topological polar surface area (TPSA) is 16.4 Å². The van der Waals surface area contributed by atoms with Gasteiger partial charge in [-0.1, -0.05) is 0 Å². The van der Waals surface area contributed by atoms with Crippen molar-refractivity contribution >= 4 is 0 Å². The van der Waals surface area contributed by atoms with Gasteiger partial charge in [-0.2, -0.15) is 13.2 Å². The Labute approximate surface area is 86.7 Å². The van der Waals surface area contributed by atoms with Gasteiger partial charge in [-0.25, -0.2) is 0 Å². The highest BCUT2D eigenvalue weighted by Crippen LogP contribution is 2.30. The Kier molecular flexibility index (Phi) is 3.79. The van der Waals surface area contributed by atoms with Crippen molar-refractivity contribution in [3.8, 4) is 0 Å². The van der Waals surface area contributed by atoms with E-state index in [0.29, 0.717) is 12.2 Å². The standard InChI is InChI=1S/C10H14F3NO/c1-14(2)7-3-4-8-5-6-9(15-8)10(11,12)13/h5-6H,3-4,7H2,1-2H3. The molecule has 86 valence electrons. The highest BCUT2D eigenvalue weighted by Gasteiger charge is 2.34. The van der Waals surface area contributed by atoms with Gasteiger partial charge in [0.05, 0.1) is 0 Å². The minimum absolute atomic E-state index is 0.393. The van der Waals surface area contributed by atoms with E-state index in [-0.39, 0.29) is 0 Å². The molecule has 2 nitrogen and oxygen atoms in total. The molecule has 0 N–H and O–H groups in total. The summed E-state index contributed by atoms with van der Waals surface area (Å²) in [7, 11) is 3.84. The lowest BCUT2D eigenvalue weighted by atomic mass is 10.2. The van der Waals surface area contributed by atoms with Crippen LogP contribution in [0.3, 0.4) is 0 Å². The molecular formula is C10H14F3NO. The van der Waals surface area contributed by atoms with Gasteiger partial charge >= 0.3 is 6.18 Å². The fraction of sp³-hybridized carbons (Fsp3) is 0.600. The molecule has 0 saturated heterocycles. The molecule has 5 heteroatoms. The zero-order valence-corrected chi connectivity index (χ0v) is 8.77. The van der Waals surface area contributed by atoms with Crippen LogP contribution >= 0.6 is 0 Å². The summed E-state index contributed by atoms with van der Waals surface area (Å²) in [6, 6.07) is 2.36. The van der Waals surface area contributed by atoms with Gasteiger partial charge in [0.1, 0.15) is 5.76 Å². The van der Waals surface area contributed by atoms with Gasteiger partial charge in [0.15, 0.2) is 0 Å². The smallest absolute Gasteiger partial charge is 0.449 e. The maximum Gasteiger partial charge on any atom is 0.449 e. The molecule has 1 heterocycles. The first kappa shape index (κ1) is 12.1. The number of hydrogen-bond acceptors (Lipinski definition) is 2. The fourth-order valence-electron chi connectivity index (χ4n) is 1.23. The molecule has 0 saturated carbocycles. The van der Waals surface area contributed by atoms with E-state index < -0.39 is 11.9 Å². The van der Waals surface area contributed by atoms with Crippen molar-refractivity contribution in [2.45, 2.75) is 19.0 Å². The fourth-order valence-corrected chi connectivity index (χ4v) is 1.23. The number of alkyl halides is 3. The van der Waals surface area contributed by atoms with Crippen LogP contribution in [0.15, 0.2) is 16.5 Å². The molecule has 0 unspecified atom stereocenters. The quantitative estimate of drug-likeness (QED) is 0.777. The molecular weight excluding hydrogens is 207 g/mol. The van der Waals surface area contributed by atoms with Gasteiger partial charge in [-0.05, 0) is 39.2 Å². The maximum atomic E-state index is 12.1. The predicted octanol–water partition coefficient (Wildman–Crippen LogP) is 2.79. The molecule has 0 bridgehead atoms. The molecule has 0 aliphatic carbocycles. The monoisotopic (exact) mass is 221 g/mol. The Balaban J connectivity index is 2.47. The summed E-state index contributed by atoms with van der Waals surface area (Å²) >= 11 is 0. The predicted molar refractivity (Wildman–Crippen MR) is 50.6 cm³/mol. The molecule has 1 aromatic heterocycles. The van der Waals surface area contributed by atoms with Crippen LogP contribution in [0.5, 0.6) is 0 Å². The lowest BCUT2D eigenvalue weighted by molar-refractivity contribution is -0.153. The second kappa shape index (κ2) is 4.70. The second-order valence-electron chi connectivity index (χ2n) is 3.67. The van der Waals surface area contributed by atoms with Crippen LogP contribution in [0.1, 0.15) is 17.9 Å². The van der Waals surface area contributed by atoms with Crippen LogP contribution in [-0.4, -0.2) is 25.5 Å². The van der Waals surface area contributed by atoms with Crippen molar-refractivity contribution < 1.29 is 17.6 Å². The molecule has 15 heavy (non-hydrogen) atoms. The summed E-state index contributed by atoms with van der Waals surface area (Å²) in [5, 5.41) is 0. The first-order valence-corrected chi connectivity index (χ1v) is 4.70. The molecule has 1 rings (SSSR count). The van der Waals surface area contributed by atoms with Crippen molar-refractivity contribution in [3.63, 3.8) is 0 Å². The van der Waals surface area contributed by atoms with E-state index >= 15 is 0 Å². The van der Waals surface area contributed by atoms with E-state index in [2.05, 4.69) is 4.42 Å². The number of furan rings is 1. The van der Waals surface area contributed by atoms with Crippen molar-refractivity contribution in [3.05, 3.63) is 23.7 Å². The van der Waals surface area contributed by atoms with Crippen LogP contribution in [-0.2, 0) is 12.6 Å². The molecule has 1 aromatic rings. The summed E-state index contributed by atoms with van der Waals surface area (Å²) < 4.78 is 41.1. The molecule has 0 amide bonds. The molecule has 0 atom stereocenters. The number of aryl methyl sites for hydroxylation is 1. The van der Waals surface area contributed by atoms with Gasteiger partial charge in [0, 0.05) is 6.42 Å². The lowest BCUT2D eigenvalue weighted by Gasteiger charge is -2.07. The SMILES string of the molecule is CN(C)CCCc1ccc(C(F)(F)F)o1. The van der Waals surface area contributed by atoms with Crippen LogP contribution in [0.4, 0.5) is 13.2 Å². The Bertz CT molecular complexity index is 304. The van der Waals surface area contributed by atoms with E-state index in [1.165, 1.54) is 6.07 Å². The van der Waals surface area contributed by atoms with Crippen LogP contribution in [0.25, 0.3) is 0 Å². The number of nitrogens with zero attached hydrogens (tertiary/aromatic N) is 1. The summed E-state index contributed by atoms with van der Waals surface area (Å²) in [4.78, 5) is 1.98. The van der Waals surface area contributed by atoms with Gasteiger partial charge in [-0.15, -0.1) is 0 Å². The van der Waals surface area contributed by atoms with E-state index in [0.717, 1.165) is 19.0 Å². The summed E-state index contributed by atoms with van der Waals surface area (Å²) in [5.74, 6) is -0.522. The molecule has 0 aliphatic heterocycles. The summed E-state index contributed by atoms with van der Waals surface area (Å²) in [6.45, 7) is 0.835. The largest absolute Gasteiger partial charge is 0.457 e. The number of halogens is 3. The first-order valence-electron chi connectivity index (χ1n) is 4.70. The third kappa shape index (κ3) is 3.95. The average molecular weight is 221 g/mol. The van der Waals surface area contributed by atoms with Crippen molar-refractivity contribution in [1.82, 2.24) is 4.90 Å². The third-order valence-corrected chi connectivity index (χ3v) is 1.97. The Hall–Kier alpha value is -0.970. The van der Waals surface area contributed by atoms with E-state index in [9.17, 15) is 13.2 Å². The normalized spacial score (nSPS) is 12.4. The third-order valence-electron chi connectivity index (χ3n) is 1.97. The van der Waals surface area contributed by atoms with Crippen molar-refractivity contribution in [1.29, 1.82) is 0 Å². The second-order valence-corrected chi connectivity index (χ2v) is 3.67. The van der Waals surface area contributed by atoms with Gasteiger partial charge in [0.25, 0.3) is 0 Å². The highest BCUT2D eigenvalue weighted by atomic mass is 19.4. The average Bonchev–Trinajstić information content (AvgIpc) is 2.51. The Morgan fingerprint density at radius 3 is 2.40 bits per heavy atom. The zero-order chi connectivity index (χ0) is 11.5. The molecule has 0 radical (unpaired) electrons.